The SMILES string of the molecule is CC(C)(C)CC(=O)[N+](C)(C)C.[Br-]. The Morgan fingerprint density at radius 2 is 1.50 bits per heavy atom. The molecule has 3 heteroatoms. The second-order valence-electron chi connectivity index (χ2n) is 5.14. The van der Waals surface area contributed by atoms with E-state index in [0.717, 1.165) is 0 Å². The highest BCUT2D eigenvalue weighted by Crippen LogP contribution is 2.20. The molecule has 0 unspecified atom stereocenters. The summed E-state index contributed by atoms with van der Waals surface area (Å²) in [4.78, 5) is 11.5. The minimum atomic E-state index is 0. The molecule has 12 heavy (non-hydrogen) atoms. The molecular weight excluding hydrogens is 218 g/mol. The van der Waals surface area contributed by atoms with Gasteiger partial charge < -0.3 is 17.0 Å². The van der Waals surface area contributed by atoms with E-state index in [0.29, 0.717) is 10.9 Å². The van der Waals surface area contributed by atoms with Crippen LogP contribution in [0.2, 0.25) is 0 Å². The van der Waals surface area contributed by atoms with Crippen LogP contribution in [-0.2, 0) is 4.79 Å². The standard InChI is InChI=1S/C9H20NO.BrH/c1-9(2,3)7-8(11)10(4,5)6;/h7H2,1-6H3;1H/q+1;/p-1. The zero-order chi connectivity index (χ0) is 9.28. The summed E-state index contributed by atoms with van der Waals surface area (Å²) >= 11 is 0. The van der Waals surface area contributed by atoms with E-state index in [2.05, 4.69) is 20.8 Å². The molecule has 0 aliphatic carbocycles. The summed E-state index contributed by atoms with van der Waals surface area (Å²) < 4.78 is 0.428. The van der Waals surface area contributed by atoms with Crippen molar-refractivity contribution in [1.82, 2.24) is 0 Å². The van der Waals surface area contributed by atoms with Crippen molar-refractivity contribution in [2.24, 2.45) is 5.41 Å². The average Bonchev–Trinajstić information content (AvgIpc) is 1.56. The van der Waals surface area contributed by atoms with Gasteiger partial charge in [0.25, 0.3) is 0 Å². The van der Waals surface area contributed by atoms with Crippen molar-refractivity contribution >= 4 is 5.91 Å². The highest BCUT2D eigenvalue weighted by molar-refractivity contribution is 5.69. The summed E-state index contributed by atoms with van der Waals surface area (Å²) in [7, 11) is 5.73. The Morgan fingerprint density at radius 3 is 1.58 bits per heavy atom. The molecule has 0 spiro atoms. The van der Waals surface area contributed by atoms with Gasteiger partial charge in [0.15, 0.2) is 0 Å². The molecule has 0 aliphatic rings. The van der Waals surface area contributed by atoms with E-state index in [1.165, 1.54) is 0 Å². The van der Waals surface area contributed by atoms with Crippen LogP contribution in [0, 0.1) is 5.41 Å². The Hall–Kier alpha value is 0.110. The van der Waals surface area contributed by atoms with Gasteiger partial charge in [-0.15, -0.1) is 0 Å². The minimum Gasteiger partial charge on any atom is -1.00 e. The van der Waals surface area contributed by atoms with Gasteiger partial charge in [-0.3, -0.25) is 4.48 Å². The molecule has 0 atom stereocenters. The van der Waals surface area contributed by atoms with E-state index in [1.807, 2.05) is 21.1 Å². The van der Waals surface area contributed by atoms with Gasteiger partial charge in [-0.05, 0) is 5.41 Å². The zero-order valence-electron chi connectivity index (χ0n) is 8.94. The average molecular weight is 238 g/mol. The maximum atomic E-state index is 11.5. The van der Waals surface area contributed by atoms with Crippen molar-refractivity contribution in [1.29, 1.82) is 0 Å². The fourth-order valence-electron chi connectivity index (χ4n) is 0.691. The van der Waals surface area contributed by atoms with Crippen LogP contribution in [0.3, 0.4) is 0 Å². The number of amides is 1. The number of carbonyl (C=O) groups is 1. The normalized spacial score (nSPS) is 12.2. The van der Waals surface area contributed by atoms with Gasteiger partial charge in [0.1, 0.15) is 0 Å². The molecule has 0 aromatic carbocycles. The first kappa shape index (κ1) is 14.6. The largest absolute Gasteiger partial charge is 1.00 e. The third kappa shape index (κ3) is 6.80. The first-order chi connectivity index (χ1) is 4.63. The van der Waals surface area contributed by atoms with Gasteiger partial charge in [-0.1, -0.05) is 20.8 Å². The van der Waals surface area contributed by atoms with Gasteiger partial charge in [0, 0.05) is 0 Å². The summed E-state index contributed by atoms with van der Waals surface area (Å²) in [6.07, 6.45) is 0.649. The predicted octanol–water partition coefficient (Wildman–Crippen LogP) is -1.34. The highest BCUT2D eigenvalue weighted by Gasteiger charge is 2.26. The summed E-state index contributed by atoms with van der Waals surface area (Å²) in [6.45, 7) is 6.25. The van der Waals surface area contributed by atoms with Gasteiger partial charge in [0.2, 0.25) is 0 Å². The minimum absolute atomic E-state index is 0. The molecule has 0 aromatic heterocycles. The number of halogens is 1. The Bertz CT molecular complexity index is 153. The maximum Gasteiger partial charge on any atom is 0.313 e. The Kier molecular flexibility index (Phi) is 5.33. The molecule has 74 valence electrons. The summed E-state index contributed by atoms with van der Waals surface area (Å²) in [6, 6.07) is 0. The molecule has 0 radical (unpaired) electrons. The highest BCUT2D eigenvalue weighted by atomic mass is 79.9. The molecule has 0 rings (SSSR count). The van der Waals surface area contributed by atoms with E-state index in [-0.39, 0.29) is 28.3 Å². The summed E-state index contributed by atoms with van der Waals surface area (Å²) in [5, 5.41) is 0. The second kappa shape index (κ2) is 4.38. The van der Waals surface area contributed by atoms with E-state index >= 15 is 0 Å². The van der Waals surface area contributed by atoms with Crippen LogP contribution in [0.1, 0.15) is 27.2 Å². The summed E-state index contributed by atoms with van der Waals surface area (Å²) in [5.41, 5.74) is 0.114. The van der Waals surface area contributed by atoms with Crippen LogP contribution < -0.4 is 17.0 Å². The van der Waals surface area contributed by atoms with Gasteiger partial charge in [0.05, 0.1) is 27.6 Å². The van der Waals surface area contributed by atoms with Crippen molar-refractivity contribution in [3.8, 4) is 0 Å². The molecule has 1 amide bonds. The molecule has 0 N–H and O–H groups in total. The van der Waals surface area contributed by atoms with Crippen molar-refractivity contribution in [3.63, 3.8) is 0 Å². The number of nitrogens with zero attached hydrogens (tertiary/aromatic N) is 1. The Labute approximate surface area is 86.3 Å². The van der Waals surface area contributed by atoms with Crippen LogP contribution >= 0.6 is 0 Å². The smallest absolute Gasteiger partial charge is 0.313 e. The van der Waals surface area contributed by atoms with Crippen LogP contribution in [0.4, 0.5) is 0 Å². The lowest BCUT2D eigenvalue weighted by atomic mass is 9.91. The van der Waals surface area contributed by atoms with E-state index in [1.54, 1.807) is 0 Å². The number of hydrogen-bond donors (Lipinski definition) is 0. The lowest BCUT2D eigenvalue weighted by Gasteiger charge is -2.25. The van der Waals surface area contributed by atoms with Crippen LogP contribution in [-0.4, -0.2) is 31.5 Å². The third-order valence-electron chi connectivity index (χ3n) is 1.43. The zero-order valence-corrected chi connectivity index (χ0v) is 10.5. The first-order valence-corrected chi connectivity index (χ1v) is 3.98. The van der Waals surface area contributed by atoms with Crippen molar-refractivity contribution in [2.75, 3.05) is 21.1 Å². The van der Waals surface area contributed by atoms with E-state index in [4.69, 9.17) is 0 Å². The van der Waals surface area contributed by atoms with Crippen LogP contribution in [0.5, 0.6) is 0 Å². The van der Waals surface area contributed by atoms with Crippen LogP contribution in [0.15, 0.2) is 0 Å². The number of carbonyl (C=O) groups excluding carboxylic acids is 1. The van der Waals surface area contributed by atoms with Crippen molar-refractivity contribution in [3.05, 3.63) is 0 Å². The lowest BCUT2D eigenvalue weighted by molar-refractivity contribution is -0.792. The first-order valence-electron chi connectivity index (χ1n) is 3.98. The molecule has 2 nitrogen and oxygen atoms in total. The molecular formula is C9H20BrNO. The third-order valence-corrected chi connectivity index (χ3v) is 1.43. The topological polar surface area (TPSA) is 17.1 Å². The van der Waals surface area contributed by atoms with Gasteiger partial charge in [-0.2, -0.15) is 0 Å². The quantitative estimate of drug-likeness (QED) is 0.517. The van der Waals surface area contributed by atoms with Crippen molar-refractivity contribution in [2.45, 2.75) is 27.2 Å². The Balaban J connectivity index is 0. The lowest BCUT2D eigenvalue weighted by Crippen LogP contribution is -3.00. The fourth-order valence-corrected chi connectivity index (χ4v) is 0.691. The predicted molar refractivity (Wildman–Crippen MR) is 47.1 cm³/mol. The molecule has 0 saturated carbocycles. The molecule has 0 aliphatic heterocycles. The monoisotopic (exact) mass is 237 g/mol. The summed E-state index contributed by atoms with van der Waals surface area (Å²) in [5.74, 6) is 0.289. The molecule has 0 bridgehead atoms. The Morgan fingerprint density at radius 1 is 1.17 bits per heavy atom. The second-order valence-corrected chi connectivity index (χ2v) is 5.14. The van der Waals surface area contributed by atoms with E-state index in [9.17, 15) is 4.79 Å². The number of hydrogen-bond acceptors (Lipinski definition) is 1. The number of rotatable bonds is 1. The van der Waals surface area contributed by atoms with E-state index < -0.39 is 0 Å². The fraction of sp³-hybridized carbons (Fsp3) is 0.889. The van der Waals surface area contributed by atoms with Crippen molar-refractivity contribution < 1.29 is 26.3 Å². The molecule has 0 saturated heterocycles. The molecule has 0 fully saturated rings. The molecule has 0 aromatic rings. The van der Waals surface area contributed by atoms with Crippen LogP contribution in [0.25, 0.3) is 0 Å². The van der Waals surface area contributed by atoms with Gasteiger partial charge in [-0.25, -0.2) is 4.79 Å². The molecule has 0 heterocycles. The number of quaternary nitrogens is 1. The van der Waals surface area contributed by atoms with Gasteiger partial charge >= 0.3 is 5.91 Å². The maximum absolute atomic E-state index is 11.5.